The Kier molecular flexibility index (Phi) is 3.40. The number of nitrogen functional groups attached to an aromatic ring is 1. The van der Waals surface area contributed by atoms with Crippen LogP contribution in [-0.2, 0) is 0 Å². The molecule has 4 nitrogen and oxygen atoms in total. The molecule has 0 fully saturated rings. The van der Waals surface area contributed by atoms with Crippen molar-refractivity contribution in [2.45, 2.75) is 0 Å². The maximum Gasteiger partial charge on any atom is 0.229 e. The highest BCUT2D eigenvalue weighted by atomic mass is 79.9. The highest BCUT2D eigenvalue weighted by molar-refractivity contribution is 9.11. The molecule has 0 atom stereocenters. The summed E-state index contributed by atoms with van der Waals surface area (Å²) in [5.41, 5.74) is 6.44. The van der Waals surface area contributed by atoms with E-state index in [9.17, 15) is 0 Å². The van der Waals surface area contributed by atoms with Crippen LogP contribution in [0.4, 0.5) is 17.5 Å². The van der Waals surface area contributed by atoms with Gasteiger partial charge in [0.2, 0.25) is 5.95 Å². The quantitative estimate of drug-likeness (QED) is 0.877. The van der Waals surface area contributed by atoms with E-state index in [0.717, 1.165) is 14.6 Å². The summed E-state index contributed by atoms with van der Waals surface area (Å²) in [6.07, 6.45) is 1.61. The van der Waals surface area contributed by atoms with Gasteiger partial charge in [0, 0.05) is 15.1 Å². The third kappa shape index (κ3) is 2.70. The Morgan fingerprint density at radius 1 is 1.19 bits per heavy atom. The minimum atomic E-state index is 0.434. The first kappa shape index (κ1) is 11.3. The van der Waals surface area contributed by atoms with Crippen LogP contribution < -0.4 is 11.1 Å². The van der Waals surface area contributed by atoms with Crippen LogP contribution in [0.25, 0.3) is 0 Å². The minimum Gasteiger partial charge on any atom is -0.384 e. The van der Waals surface area contributed by atoms with Gasteiger partial charge in [0.15, 0.2) is 0 Å². The Labute approximate surface area is 110 Å². The average molecular weight is 344 g/mol. The van der Waals surface area contributed by atoms with Crippen LogP contribution in [0.5, 0.6) is 0 Å². The molecular formula is C10H8Br2N4. The third-order valence-electron chi connectivity index (χ3n) is 1.85. The molecule has 1 aromatic carbocycles. The molecular weight excluding hydrogens is 336 g/mol. The lowest BCUT2D eigenvalue weighted by Gasteiger charge is -2.07. The van der Waals surface area contributed by atoms with Crippen LogP contribution in [-0.4, -0.2) is 9.97 Å². The van der Waals surface area contributed by atoms with E-state index in [1.807, 2.05) is 18.2 Å². The van der Waals surface area contributed by atoms with Crippen molar-refractivity contribution >= 4 is 49.3 Å². The second-order valence-corrected chi connectivity index (χ2v) is 4.82. The van der Waals surface area contributed by atoms with Gasteiger partial charge >= 0.3 is 0 Å². The minimum absolute atomic E-state index is 0.434. The van der Waals surface area contributed by atoms with Gasteiger partial charge < -0.3 is 11.1 Å². The van der Waals surface area contributed by atoms with Crippen LogP contribution >= 0.6 is 31.9 Å². The second kappa shape index (κ2) is 4.80. The molecule has 0 spiro atoms. The lowest BCUT2D eigenvalue weighted by molar-refractivity contribution is 1.17. The van der Waals surface area contributed by atoms with Gasteiger partial charge in [-0.2, -0.15) is 4.98 Å². The van der Waals surface area contributed by atoms with Crippen LogP contribution in [0.2, 0.25) is 0 Å². The largest absolute Gasteiger partial charge is 0.384 e. The summed E-state index contributed by atoms with van der Waals surface area (Å²) in [4.78, 5) is 8.13. The van der Waals surface area contributed by atoms with Gasteiger partial charge in [0.1, 0.15) is 5.82 Å². The summed E-state index contributed by atoms with van der Waals surface area (Å²) >= 11 is 6.83. The molecule has 3 N–H and O–H groups in total. The maximum absolute atomic E-state index is 5.57. The van der Waals surface area contributed by atoms with Crippen molar-refractivity contribution in [1.82, 2.24) is 9.97 Å². The number of halogens is 2. The van der Waals surface area contributed by atoms with Gasteiger partial charge in [-0.05, 0) is 40.2 Å². The highest BCUT2D eigenvalue weighted by Crippen LogP contribution is 2.27. The Bertz CT molecular complexity index is 516. The van der Waals surface area contributed by atoms with E-state index in [1.54, 1.807) is 12.3 Å². The van der Waals surface area contributed by atoms with Gasteiger partial charge in [-0.25, -0.2) is 4.98 Å². The van der Waals surface area contributed by atoms with Crippen molar-refractivity contribution in [2.75, 3.05) is 11.1 Å². The second-order valence-electron chi connectivity index (χ2n) is 3.05. The lowest BCUT2D eigenvalue weighted by Crippen LogP contribution is -1.99. The molecule has 1 aromatic heterocycles. The Hall–Kier alpha value is -1.14. The number of nitrogens with one attached hydrogen (secondary N) is 1. The Morgan fingerprint density at radius 3 is 2.75 bits per heavy atom. The zero-order valence-electron chi connectivity index (χ0n) is 8.11. The first-order chi connectivity index (χ1) is 7.65. The maximum atomic E-state index is 5.57. The number of anilines is 3. The van der Waals surface area contributed by atoms with Crippen LogP contribution in [0.3, 0.4) is 0 Å². The Morgan fingerprint density at radius 2 is 2.00 bits per heavy atom. The molecule has 2 aromatic rings. The van der Waals surface area contributed by atoms with Crippen molar-refractivity contribution in [3.05, 3.63) is 39.4 Å². The molecule has 0 unspecified atom stereocenters. The lowest BCUT2D eigenvalue weighted by atomic mass is 10.3. The number of benzene rings is 1. The van der Waals surface area contributed by atoms with E-state index in [0.29, 0.717) is 11.8 Å². The Balaban J connectivity index is 2.30. The summed E-state index contributed by atoms with van der Waals surface area (Å²) in [7, 11) is 0. The molecule has 0 aliphatic carbocycles. The number of hydrogen-bond donors (Lipinski definition) is 2. The standard InChI is InChI=1S/C10H8Br2N4/c11-6-1-2-7(12)8(5-6)15-10-14-4-3-9(13)16-10/h1-5H,(H3,13,14,15,16). The number of nitrogens with two attached hydrogens (primary N) is 1. The number of rotatable bonds is 2. The molecule has 1 heterocycles. The van der Waals surface area contributed by atoms with Crippen molar-refractivity contribution in [1.29, 1.82) is 0 Å². The van der Waals surface area contributed by atoms with Gasteiger partial charge in [0.25, 0.3) is 0 Å². The van der Waals surface area contributed by atoms with E-state index in [4.69, 9.17) is 5.73 Å². The molecule has 16 heavy (non-hydrogen) atoms. The van der Waals surface area contributed by atoms with E-state index >= 15 is 0 Å². The molecule has 0 saturated carbocycles. The summed E-state index contributed by atoms with van der Waals surface area (Å²) in [6, 6.07) is 7.44. The smallest absolute Gasteiger partial charge is 0.229 e. The monoisotopic (exact) mass is 342 g/mol. The van der Waals surface area contributed by atoms with Crippen LogP contribution in [0.1, 0.15) is 0 Å². The van der Waals surface area contributed by atoms with E-state index in [2.05, 4.69) is 47.1 Å². The topological polar surface area (TPSA) is 63.8 Å². The van der Waals surface area contributed by atoms with Crippen molar-refractivity contribution in [3.8, 4) is 0 Å². The van der Waals surface area contributed by atoms with Crippen molar-refractivity contribution in [3.63, 3.8) is 0 Å². The van der Waals surface area contributed by atoms with Gasteiger partial charge in [0.05, 0.1) is 5.69 Å². The summed E-state index contributed by atoms with van der Waals surface area (Å²) < 4.78 is 1.91. The van der Waals surface area contributed by atoms with E-state index in [1.165, 1.54) is 0 Å². The number of hydrogen-bond acceptors (Lipinski definition) is 4. The molecule has 6 heteroatoms. The van der Waals surface area contributed by atoms with Crippen LogP contribution in [0, 0.1) is 0 Å². The van der Waals surface area contributed by atoms with Gasteiger partial charge in [-0.15, -0.1) is 0 Å². The normalized spacial score (nSPS) is 10.1. The predicted octanol–water partition coefficient (Wildman–Crippen LogP) is 3.33. The SMILES string of the molecule is Nc1ccnc(Nc2cc(Br)ccc2Br)n1. The zero-order chi connectivity index (χ0) is 11.5. The first-order valence-corrected chi connectivity index (χ1v) is 6.04. The van der Waals surface area contributed by atoms with Gasteiger partial charge in [-0.3, -0.25) is 0 Å². The summed E-state index contributed by atoms with van der Waals surface area (Å²) in [6.45, 7) is 0. The number of nitrogens with zero attached hydrogens (tertiary/aromatic N) is 2. The molecule has 0 saturated heterocycles. The van der Waals surface area contributed by atoms with E-state index < -0.39 is 0 Å². The molecule has 0 aliphatic rings. The summed E-state index contributed by atoms with van der Waals surface area (Å²) in [5, 5.41) is 3.07. The highest BCUT2D eigenvalue weighted by Gasteiger charge is 2.03. The fourth-order valence-corrected chi connectivity index (χ4v) is 1.85. The van der Waals surface area contributed by atoms with E-state index in [-0.39, 0.29) is 0 Å². The van der Waals surface area contributed by atoms with Crippen molar-refractivity contribution < 1.29 is 0 Å². The zero-order valence-corrected chi connectivity index (χ0v) is 11.3. The molecule has 0 radical (unpaired) electrons. The molecule has 0 aliphatic heterocycles. The number of aromatic nitrogens is 2. The third-order valence-corrected chi connectivity index (χ3v) is 3.04. The molecule has 0 bridgehead atoms. The fourth-order valence-electron chi connectivity index (χ4n) is 1.15. The molecule has 82 valence electrons. The molecule has 2 rings (SSSR count). The summed E-state index contributed by atoms with van der Waals surface area (Å²) in [5.74, 6) is 0.905. The average Bonchev–Trinajstić information content (AvgIpc) is 2.24. The van der Waals surface area contributed by atoms with Crippen LogP contribution in [0.15, 0.2) is 39.4 Å². The van der Waals surface area contributed by atoms with Crippen molar-refractivity contribution in [2.24, 2.45) is 0 Å². The first-order valence-electron chi connectivity index (χ1n) is 4.46. The fraction of sp³-hybridized carbons (Fsp3) is 0. The predicted molar refractivity (Wildman–Crippen MR) is 71.6 cm³/mol. The molecule has 0 amide bonds. The van der Waals surface area contributed by atoms with Gasteiger partial charge in [-0.1, -0.05) is 15.9 Å².